The Hall–Kier alpha value is -1.94. The van der Waals surface area contributed by atoms with Crippen LogP contribution in [0.25, 0.3) is 0 Å². The number of nitrogens with one attached hydrogen (secondary N) is 1. The summed E-state index contributed by atoms with van der Waals surface area (Å²) in [5, 5.41) is 13.6. The molecule has 0 saturated heterocycles. The van der Waals surface area contributed by atoms with E-state index in [1.165, 1.54) is 37.7 Å². The highest BCUT2D eigenvalue weighted by atomic mass is 19.1. The van der Waals surface area contributed by atoms with Gasteiger partial charge < -0.3 is 10.4 Å². The topological polar surface area (TPSA) is 45.2 Å². The second-order valence-electron chi connectivity index (χ2n) is 8.23. The van der Waals surface area contributed by atoms with Crippen molar-refractivity contribution in [1.29, 1.82) is 0 Å². The molecule has 0 amide bonds. The predicted octanol–water partition coefficient (Wildman–Crippen LogP) is 4.74. The van der Waals surface area contributed by atoms with Gasteiger partial charge in [-0.15, -0.1) is 0 Å². The minimum Gasteiger partial charge on any atom is -0.505 e. The van der Waals surface area contributed by atoms with Crippen LogP contribution in [0.5, 0.6) is 5.75 Å². The first-order valence-electron chi connectivity index (χ1n) is 10.3. The van der Waals surface area contributed by atoms with Crippen molar-refractivity contribution in [2.45, 2.75) is 63.3 Å². The van der Waals surface area contributed by atoms with E-state index in [1.807, 2.05) is 12.3 Å². The summed E-state index contributed by atoms with van der Waals surface area (Å²) in [5.74, 6) is 0.229. The van der Waals surface area contributed by atoms with Crippen molar-refractivity contribution in [3.05, 3.63) is 59.2 Å². The van der Waals surface area contributed by atoms with Crippen LogP contribution in [-0.4, -0.2) is 22.7 Å². The van der Waals surface area contributed by atoms with Crippen LogP contribution in [-0.2, 0) is 12.8 Å². The molecule has 4 rings (SSSR count). The molecule has 2 aromatic rings. The van der Waals surface area contributed by atoms with E-state index >= 15 is 0 Å². The molecule has 2 aliphatic carbocycles. The molecule has 1 aromatic heterocycles. The van der Waals surface area contributed by atoms with E-state index in [1.54, 1.807) is 18.3 Å². The minimum atomic E-state index is -0.516. The van der Waals surface area contributed by atoms with E-state index in [0.717, 1.165) is 42.9 Å². The molecule has 3 nitrogen and oxygen atoms in total. The molecule has 144 valence electrons. The Bertz CT molecular complexity index is 758. The quantitative estimate of drug-likeness (QED) is 0.801. The maximum absolute atomic E-state index is 14.1. The third kappa shape index (κ3) is 4.32. The lowest BCUT2D eigenvalue weighted by atomic mass is 9.76. The van der Waals surface area contributed by atoms with Crippen LogP contribution in [0.2, 0.25) is 0 Å². The second-order valence-corrected chi connectivity index (χ2v) is 8.23. The number of aromatic nitrogens is 1. The van der Waals surface area contributed by atoms with Crippen molar-refractivity contribution in [3.8, 4) is 5.75 Å². The van der Waals surface area contributed by atoms with E-state index in [0.29, 0.717) is 6.04 Å². The fraction of sp³-hybridized carbons (Fsp3) is 0.522. The largest absolute Gasteiger partial charge is 0.505 e. The summed E-state index contributed by atoms with van der Waals surface area (Å²) < 4.78 is 14.1. The number of benzene rings is 1. The van der Waals surface area contributed by atoms with Gasteiger partial charge in [0.1, 0.15) is 0 Å². The molecule has 2 atom stereocenters. The predicted molar refractivity (Wildman–Crippen MR) is 105 cm³/mol. The Kier molecular flexibility index (Phi) is 5.72. The Morgan fingerprint density at radius 1 is 1.15 bits per heavy atom. The molecule has 0 aliphatic heterocycles. The summed E-state index contributed by atoms with van der Waals surface area (Å²) in [6.07, 6.45) is 13.2. The van der Waals surface area contributed by atoms with Gasteiger partial charge in [-0.3, -0.25) is 4.98 Å². The lowest BCUT2D eigenvalue weighted by molar-refractivity contribution is 0.300. The van der Waals surface area contributed by atoms with E-state index in [2.05, 4.69) is 16.4 Å². The summed E-state index contributed by atoms with van der Waals surface area (Å²) >= 11 is 0. The van der Waals surface area contributed by atoms with Gasteiger partial charge in [-0.1, -0.05) is 25.3 Å². The van der Waals surface area contributed by atoms with Gasteiger partial charge in [0.25, 0.3) is 0 Å². The number of halogens is 1. The van der Waals surface area contributed by atoms with Gasteiger partial charge in [0.15, 0.2) is 11.6 Å². The smallest absolute Gasteiger partial charge is 0.165 e. The zero-order valence-corrected chi connectivity index (χ0v) is 15.8. The van der Waals surface area contributed by atoms with Gasteiger partial charge in [-0.05, 0) is 79.5 Å². The molecule has 0 bridgehead atoms. The van der Waals surface area contributed by atoms with E-state index in [9.17, 15) is 9.50 Å². The number of hydrogen-bond acceptors (Lipinski definition) is 3. The number of aromatic hydroxyl groups is 1. The van der Waals surface area contributed by atoms with Crippen LogP contribution >= 0.6 is 0 Å². The van der Waals surface area contributed by atoms with Gasteiger partial charge in [-0.25, -0.2) is 4.39 Å². The van der Waals surface area contributed by atoms with Crippen LogP contribution in [0.1, 0.15) is 61.1 Å². The standard InChI is InChI=1S/C23H29FN2O/c24-21-13-19-18(12-23(21)27)8-9-22(26-15-16-5-2-1-3-6-16)20(19)11-17-7-4-10-25-14-17/h4,7,10,12-14,16,20,22,26-27H,1-3,5-6,8-9,11,15H2. The van der Waals surface area contributed by atoms with Crippen LogP contribution in [0.15, 0.2) is 36.7 Å². The molecule has 4 heteroatoms. The van der Waals surface area contributed by atoms with E-state index in [4.69, 9.17) is 0 Å². The number of phenols is 1. The Morgan fingerprint density at radius 3 is 2.78 bits per heavy atom. The van der Waals surface area contributed by atoms with Crippen molar-refractivity contribution in [3.63, 3.8) is 0 Å². The van der Waals surface area contributed by atoms with Crippen molar-refractivity contribution in [1.82, 2.24) is 10.3 Å². The van der Waals surface area contributed by atoms with Crippen molar-refractivity contribution in [2.75, 3.05) is 6.54 Å². The minimum absolute atomic E-state index is 0.205. The maximum atomic E-state index is 14.1. The third-order valence-electron chi connectivity index (χ3n) is 6.39. The third-order valence-corrected chi connectivity index (χ3v) is 6.39. The summed E-state index contributed by atoms with van der Waals surface area (Å²) in [6, 6.07) is 7.57. The number of fused-ring (bicyclic) bond motifs is 1. The number of phenolic OH excluding ortho intramolecular Hbond substituents is 1. The first kappa shape index (κ1) is 18.4. The summed E-state index contributed by atoms with van der Waals surface area (Å²) in [7, 11) is 0. The maximum Gasteiger partial charge on any atom is 0.165 e. The average molecular weight is 368 g/mol. The molecule has 2 N–H and O–H groups in total. The Balaban J connectivity index is 1.56. The lowest BCUT2D eigenvalue weighted by Crippen LogP contribution is -2.42. The van der Waals surface area contributed by atoms with Crippen LogP contribution < -0.4 is 5.32 Å². The first-order valence-corrected chi connectivity index (χ1v) is 10.3. The average Bonchev–Trinajstić information content (AvgIpc) is 2.70. The fourth-order valence-electron chi connectivity index (χ4n) is 4.89. The monoisotopic (exact) mass is 368 g/mol. The second kappa shape index (κ2) is 8.39. The summed E-state index contributed by atoms with van der Waals surface area (Å²) in [5.41, 5.74) is 3.30. The molecule has 0 spiro atoms. The van der Waals surface area contributed by atoms with Gasteiger partial charge in [-0.2, -0.15) is 0 Å². The number of nitrogens with zero attached hydrogens (tertiary/aromatic N) is 1. The molecular formula is C23H29FN2O. The number of rotatable bonds is 5. The highest BCUT2D eigenvalue weighted by Gasteiger charge is 2.31. The zero-order valence-electron chi connectivity index (χ0n) is 15.8. The molecule has 1 aromatic carbocycles. The van der Waals surface area contributed by atoms with Gasteiger partial charge in [0.05, 0.1) is 0 Å². The van der Waals surface area contributed by atoms with E-state index < -0.39 is 5.82 Å². The van der Waals surface area contributed by atoms with Gasteiger partial charge in [0, 0.05) is 24.4 Å². The molecule has 1 fully saturated rings. The van der Waals surface area contributed by atoms with Crippen molar-refractivity contribution in [2.24, 2.45) is 5.92 Å². The molecular weight excluding hydrogens is 339 g/mol. The highest BCUT2D eigenvalue weighted by Crippen LogP contribution is 2.37. The van der Waals surface area contributed by atoms with Gasteiger partial charge >= 0.3 is 0 Å². The highest BCUT2D eigenvalue weighted by molar-refractivity contribution is 5.41. The number of hydrogen-bond donors (Lipinski definition) is 2. The van der Waals surface area contributed by atoms with Crippen LogP contribution in [0.4, 0.5) is 4.39 Å². The molecule has 2 unspecified atom stereocenters. The summed E-state index contributed by atoms with van der Waals surface area (Å²) in [4.78, 5) is 4.25. The normalized spacial score (nSPS) is 23.1. The van der Waals surface area contributed by atoms with Crippen LogP contribution in [0.3, 0.4) is 0 Å². The zero-order chi connectivity index (χ0) is 18.6. The Labute approximate surface area is 161 Å². The number of aryl methyl sites for hydroxylation is 1. The summed E-state index contributed by atoms with van der Waals surface area (Å²) in [6.45, 7) is 1.06. The Morgan fingerprint density at radius 2 is 2.00 bits per heavy atom. The lowest BCUT2D eigenvalue weighted by Gasteiger charge is -2.36. The molecule has 2 aliphatic rings. The molecule has 0 radical (unpaired) electrons. The van der Waals surface area contributed by atoms with Crippen molar-refractivity contribution >= 4 is 0 Å². The van der Waals surface area contributed by atoms with Crippen LogP contribution in [0, 0.1) is 11.7 Å². The molecule has 1 heterocycles. The molecule has 1 saturated carbocycles. The fourth-order valence-corrected chi connectivity index (χ4v) is 4.89. The SMILES string of the molecule is Oc1cc2c(cc1F)C(Cc1cccnc1)C(NCC1CCCCC1)CC2. The van der Waals surface area contributed by atoms with E-state index in [-0.39, 0.29) is 11.7 Å². The van der Waals surface area contributed by atoms with Gasteiger partial charge in [0.2, 0.25) is 0 Å². The molecule has 27 heavy (non-hydrogen) atoms. The van der Waals surface area contributed by atoms with Crippen molar-refractivity contribution < 1.29 is 9.50 Å². The number of pyridine rings is 1. The first-order chi connectivity index (χ1) is 13.2.